The van der Waals surface area contributed by atoms with Gasteiger partial charge in [0.15, 0.2) is 0 Å². The van der Waals surface area contributed by atoms with Crippen LogP contribution < -0.4 is 0 Å². The number of benzene rings is 1. The van der Waals surface area contributed by atoms with E-state index in [9.17, 15) is 9.18 Å². The Bertz CT molecular complexity index is 818. The van der Waals surface area contributed by atoms with E-state index in [1.54, 1.807) is 18.5 Å². The lowest BCUT2D eigenvalue weighted by Gasteiger charge is -2.36. The number of likely N-dealkylation sites (tertiary alicyclic amines) is 2. The molecule has 0 bridgehead atoms. The number of aryl methyl sites for hydroxylation is 1. The fraction of sp³-hybridized carbons (Fsp3) is 0.478. The van der Waals surface area contributed by atoms with Crippen molar-refractivity contribution in [2.45, 2.75) is 38.6 Å². The van der Waals surface area contributed by atoms with Gasteiger partial charge in [0.25, 0.3) is 5.91 Å². The van der Waals surface area contributed by atoms with Crippen molar-refractivity contribution in [3.8, 4) is 0 Å². The predicted octanol–water partition coefficient (Wildman–Crippen LogP) is 3.70. The minimum atomic E-state index is -0.121. The van der Waals surface area contributed by atoms with Crippen LogP contribution in [0.25, 0.3) is 0 Å². The lowest BCUT2D eigenvalue weighted by atomic mass is 9.97. The number of hydrogen-bond donors (Lipinski definition) is 0. The molecule has 1 unspecified atom stereocenters. The molecule has 3 heterocycles. The number of halogens is 1. The second-order valence-electron chi connectivity index (χ2n) is 8.20. The van der Waals surface area contributed by atoms with Gasteiger partial charge in [0.2, 0.25) is 0 Å². The average molecular weight is 381 g/mol. The zero-order valence-electron chi connectivity index (χ0n) is 16.5. The quantitative estimate of drug-likeness (QED) is 0.810. The molecule has 0 aliphatic carbocycles. The smallest absolute Gasteiger partial charge is 0.255 e. The molecule has 1 aromatic carbocycles. The summed E-state index contributed by atoms with van der Waals surface area (Å²) in [7, 11) is 0. The lowest BCUT2D eigenvalue weighted by Crippen LogP contribution is -2.46. The first-order valence-electron chi connectivity index (χ1n) is 10.3. The zero-order valence-corrected chi connectivity index (χ0v) is 16.5. The van der Waals surface area contributed by atoms with Crippen molar-refractivity contribution >= 4 is 5.91 Å². The van der Waals surface area contributed by atoms with Gasteiger partial charge in [-0.25, -0.2) is 4.39 Å². The van der Waals surface area contributed by atoms with Gasteiger partial charge < -0.3 is 4.90 Å². The maximum absolute atomic E-state index is 13.5. The van der Waals surface area contributed by atoms with Crippen molar-refractivity contribution in [3.05, 3.63) is 65.2 Å². The summed E-state index contributed by atoms with van der Waals surface area (Å²) in [5.41, 5.74) is 2.65. The third-order valence-corrected chi connectivity index (χ3v) is 6.24. The molecule has 2 aliphatic rings. The molecule has 4 rings (SSSR count). The first kappa shape index (κ1) is 19.1. The van der Waals surface area contributed by atoms with E-state index < -0.39 is 0 Å². The van der Waals surface area contributed by atoms with Crippen LogP contribution in [0, 0.1) is 18.7 Å². The van der Waals surface area contributed by atoms with Crippen LogP contribution in [0.1, 0.15) is 40.7 Å². The van der Waals surface area contributed by atoms with E-state index >= 15 is 0 Å². The molecule has 5 heteroatoms. The highest BCUT2D eigenvalue weighted by Crippen LogP contribution is 2.27. The van der Waals surface area contributed by atoms with Crippen LogP contribution in [0.2, 0.25) is 0 Å². The summed E-state index contributed by atoms with van der Waals surface area (Å²) in [5.74, 6) is 0.613. The summed E-state index contributed by atoms with van der Waals surface area (Å²) >= 11 is 0. The Morgan fingerprint density at radius 1 is 1.18 bits per heavy atom. The predicted molar refractivity (Wildman–Crippen MR) is 108 cm³/mol. The monoisotopic (exact) mass is 381 g/mol. The molecule has 2 aromatic rings. The van der Waals surface area contributed by atoms with Crippen molar-refractivity contribution in [1.29, 1.82) is 0 Å². The molecule has 0 N–H and O–H groups in total. The fourth-order valence-electron chi connectivity index (χ4n) is 4.63. The highest BCUT2D eigenvalue weighted by atomic mass is 19.1. The second-order valence-corrected chi connectivity index (χ2v) is 8.20. The van der Waals surface area contributed by atoms with E-state index in [0.717, 1.165) is 51.0 Å². The van der Waals surface area contributed by atoms with Crippen LogP contribution in [0.5, 0.6) is 0 Å². The maximum Gasteiger partial charge on any atom is 0.255 e. The third-order valence-electron chi connectivity index (χ3n) is 6.24. The molecule has 0 saturated carbocycles. The molecular weight excluding hydrogens is 353 g/mol. The van der Waals surface area contributed by atoms with Crippen molar-refractivity contribution in [3.63, 3.8) is 0 Å². The summed E-state index contributed by atoms with van der Waals surface area (Å²) in [5, 5.41) is 0. The van der Waals surface area contributed by atoms with Crippen LogP contribution >= 0.6 is 0 Å². The topological polar surface area (TPSA) is 36.4 Å². The molecule has 1 amide bonds. The number of aromatic nitrogens is 1. The number of hydrogen-bond acceptors (Lipinski definition) is 3. The normalized spacial score (nSPS) is 21.2. The van der Waals surface area contributed by atoms with Gasteiger partial charge in [-0.3, -0.25) is 14.7 Å². The molecule has 28 heavy (non-hydrogen) atoms. The van der Waals surface area contributed by atoms with E-state index in [2.05, 4.69) is 9.88 Å². The highest BCUT2D eigenvalue weighted by Gasteiger charge is 2.32. The maximum atomic E-state index is 13.5. The highest BCUT2D eigenvalue weighted by molar-refractivity contribution is 5.93. The molecule has 1 aromatic heterocycles. The number of amides is 1. The van der Waals surface area contributed by atoms with E-state index in [1.165, 1.54) is 12.0 Å². The second kappa shape index (κ2) is 8.39. The van der Waals surface area contributed by atoms with E-state index in [1.807, 2.05) is 36.1 Å². The van der Waals surface area contributed by atoms with Gasteiger partial charge >= 0.3 is 0 Å². The molecule has 2 fully saturated rings. The Labute approximate surface area is 166 Å². The molecule has 148 valence electrons. The van der Waals surface area contributed by atoms with E-state index in [-0.39, 0.29) is 11.7 Å². The summed E-state index contributed by atoms with van der Waals surface area (Å²) in [6, 6.07) is 9.72. The van der Waals surface area contributed by atoms with Crippen LogP contribution in [0.4, 0.5) is 4.39 Å². The van der Waals surface area contributed by atoms with Gasteiger partial charge in [0, 0.05) is 38.1 Å². The van der Waals surface area contributed by atoms with Crippen LogP contribution in [0.15, 0.2) is 42.7 Å². The van der Waals surface area contributed by atoms with Gasteiger partial charge in [-0.15, -0.1) is 0 Å². The summed E-state index contributed by atoms with van der Waals surface area (Å²) in [6.07, 6.45) is 7.64. The Balaban J connectivity index is 1.27. The SMILES string of the molecule is Cc1cc(CC2CCN(C3CCN(C(=O)c4cccnc4)CC3)C2)ccc1F. The fourth-order valence-corrected chi connectivity index (χ4v) is 4.63. The number of nitrogens with zero attached hydrogens (tertiary/aromatic N) is 3. The number of carbonyl (C=O) groups excluding carboxylic acids is 1. The van der Waals surface area contributed by atoms with Crippen LogP contribution in [0.3, 0.4) is 0 Å². The molecule has 0 spiro atoms. The number of pyridine rings is 1. The average Bonchev–Trinajstić information content (AvgIpc) is 3.19. The standard InChI is InChI=1S/C23H28FN3O/c1-17-13-18(4-5-22(17)24)14-19-6-10-27(16-19)21-7-11-26(12-8-21)23(28)20-3-2-9-25-15-20/h2-5,9,13,15,19,21H,6-8,10-12,14,16H2,1H3. The lowest BCUT2D eigenvalue weighted by molar-refractivity contribution is 0.0640. The number of rotatable bonds is 4. The molecule has 4 nitrogen and oxygen atoms in total. The summed E-state index contributed by atoms with van der Waals surface area (Å²) < 4.78 is 13.5. The van der Waals surface area contributed by atoms with Crippen molar-refractivity contribution in [2.24, 2.45) is 5.92 Å². The number of carbonyl (C=O) groups is 1. The summed E-state index contributed by atoms with van der Waals surface area (Å²) in [6.45, 7) is 5.71. The minimum Gasteiger partial charge on any atom is -0.338 e. The van der Waals surface area contributed by atoms with E-state index in [4.69, 9.17) is 0 Å². The van der Waals surface area contributed by atoms with Crippen LogP contribution in [-0.4, -0.2) is 52.9 Å². The zero-order chi connectivity index (χ0) is 19.5. The Hall–Kier alpha value is -2.27. The molecule has 2 aliphatic heterocycles. The first-order valence-corrected chi connectivity index (χ1v) is 10.3. The Morgan fingerprint density at radius 3 is 2.71 bits per heavy atom. The van der Waals surface area contributed by atoms with Crippen molar-refractivity contribution in [1.82, 2.24) is 14.8 Å². The van der Waals surface area contributed by atoms with Crippen molar-refractivity contribution < 1.29 is 9.18 Å². The minimum absolute atomic E-state index is 0.0949. The Morgan fingerprint density at radius 2 is 2.00 bits per heavy atom. The van der Waals surface area contributed by atoms with Gasteiger partial charge in [0.1, 0.15) is 5.82 Å². The molecule has 1 atom stereocenters. The summed E-state index contributed by atoms with van der Waals surface area (Å²) in [4.78, 5) is 21.2. The van der Waals surface area contributed by atoms with Gasteiger partial charge in [-0.1, -0.05) is 12.1 Å². The van der Waals surface area contributed by atoms with Crippen LogP contribution in [-0.2, 0) is 6.42 Å². The first-order chi connectivity index (χ1) is 13.6. The largest absolute Gasteiger partial charge is 0.338 e. The van der Waals surface area contributed by atoms with Crippen molar-refractivity contribution in [2.75, 3.05) is 26.2 Å². The van der Waals surface area contributed by atoms with Gasteiger partial charge in [-0.2, -0.15) is 0 Å². The number of piperidine rings is 1. The molecule has 0 radical (unpaired) electrons. The Kier molecular flexibility index (Phi) is 5.72. The van der Waals surface area contributed by atoms with Gasteiger partial charge in [-0.05, 0) is 74.4 Å². The third kappa shape index (κ3) is 4.25. The van der Waals surface area contributed by atoms with Gasteiger partial charge in [0.05, 0.1) is 5.56 Å². The molecular formula is C23H28FN3O. The molecule has 2 saturated heterocycles. The van der Waals surface area contributed by atoms with E-state index in [0.29, 0.717) is 17.5 Å².